The first-order chi connectivity index (χ1) is 10.9. The minimum Gasteiger partial charge on any atom is -0.381 e. The molecule has 4 rings (SSSR count). The Hall–Kier alpha value is -2.73. The zero-order valence-corrected chi connectivity index (χ0v) is 12.4. The number of aromatic nitrogens is 3. The largest absolute Gasteiger partial charge is 0.381 e. The van der Waals surface area contributed by atoms with Gasteiger partial charge in [-0.05, 0) is 29.8 Å². The van der Waals surface area contributed by atoms with Gasteiger partial charge in [0.15, 0.2) is 0 Å². The van der Waals surface area contributed by atoms with Crippen LogP contribution in [-0.2, 0) is 6.54 Å². The molecule has 0 saturated heterocycles. The second kappa shape index (κ2) is 5.57. The maximum Gasteiger partial charge on any atom is 0.124 e. The Bertz CT molecular complexity index is 901. The molecule has 2 heterocycles. The van der Waals surface area contributed by atoms with Crippen molar-refractivity contribution in [3.05, 3.63) is 60.4 Å². The summed E-state index contributed by atoms with van der Waals surface area (Å²) in [7, 11) is 0. The second-order valence-electron chi connectivity index (χ2n) is 4.91. The summed E-state index contributed by atoms with van der Waals surface area (Å²) in [6, 6.07) is 16.1. The summed E-state index contributed by atoms with van der Waals surface area (Å²) in [5.41, 5.74) is 5.96. The predicted molar refractivity (Wildman–Crippen MR) is 86.7 cm³/mol. The lowest BCUT2D eigenvalue weighted by molar-refractivity contribution is 0.422. The minimum absolute atomic E-state index is 0.732. The molecule has 22 heavy (non-hydrogen) atoms. The van der Waals surface area contributed by atoms with E-state index in [4.69, 9.17) is 4.52 Å². The highest BCUT2D eigenvalue weighted by molar-refractivity contribution is 7.00. The molecule has 6 heteroatoms. The molecule has 5 nitrogen and oxygen atoms in total. The molecule has 0 amide bonds. The van der Waals surface area contributed by atoms with E-state index in [0.29, 0.717) is 0 Å². The molecular weight excluding hydrogens is 296 g/mol. The van der Waals surface area contributed by atoms with E-state index >= 15 is 0 Å². The quantitative estimate of drug-likeness (QED) is 0.618. The van der Waals surface area contributed by atoms with Gasteiger partial charge >= 0.3 is 0 Å². The highest BCUT2D eigenvalue weighted by atomic mass is 32.1. The highest BCUT2D eigenvalue weighted by Crippen LogP contribution is 2.21. The molecule has 1 N–H and O–H groups in total. The van der Waals surface area contributed by atoms with Crippen molar-refractivity contribution >= 4 is 28.4 Å². The summed E-state index contributed by atoms with van der Waals surface area (Å²) in [5, 5.41) is 7.37. The average Bonchev–Trinajstić information content (AvgIpc) is 3.24. The van der Waals surface area contributed by atoms with E-state index in [1.807, 2.05) is 30.3 Å². The topological polar surface area (TPSA) is 63.8 Å². The molecule has 0 bridgehead atoms. The Morgan fingerprint density at radius 1 is 1.00 bits per heavy atom. The van der Waals surface area contributed by atoms with Gasteiger partial charge in [0.25, 0.3) is 0 Å². The monoisotopic (exact) mass is 308 g/mol. The van der Waals surface area contributed by atoms with Crippen LogP contribution >= 0.6 is 11.7 Å². The van der Waals surface area contributed by atoms with Gasteiger partial charge in [0.05, 0.1) is 11.7 Å². The van der Waals surface area contributed by atoms with Gasteiger partial charge < -0.3 is 9.84 Å². The van der Waals surface area contributed by atoms with Gasteiger partial charge in [-0.2, -0.15) is 8.75 Å². The fourth-order valence-corrected chi connectivity index (χ4v) is 2.81. The molecule has 0 atom stereocenters. The van der Waals surface area contributed by atoms with Crippen molar-refractivity contribution in [3.8, 4) is 11.3 Å². The summed E-state index contributed by atoms with van der Waals surface area (Å²) < 4.78 is 13.4. The van der Waals surface area contributed by atoms with Crippen LogP contribution in [0.1, 0.15) is 5.56 Å². The van der Waals surface area contributed by atoms with Gasteiger partial charge in [0.2, 0.25) is 0 Å². The Balaban J connectivity index is 1.52. The number of hydrogen-bond donors (Lipinski definition) is 1. The van der Waals surface area contributed by atoms with Crippen LogP contribution in [-0.4, -0.2) is 13.9 Å². The van der Waals surface area contributed by atoms with E-state index in [0.717, 1.165) is 34.5 Å². The first-order valence-electron chi connectivity index (χ1n) is 6.84. The van der Waals surface area contributed by atoms with Crippen LogP contribution in [0, 0.1) is 0 Å². The van der Waals surface area contributed by atoms with Crippen LogP contribution in [0.5, 0.6) is 0 Å². The van der Waals surface area contributed by atoms with Crippen molar-refractivity contribution in [2.24, 2.45) is 0 Å². The molecule has 2 aromatic heterocycles. The number of benzene rings is 2. The number of rotatable bonds is 4. The predicted octanol–water partition coefficient (Wildman–Crippen LogP) is 3.96. The standard InChI is InChI=1S/C16H12N4OS/c1-2-12(14-6-7-21-18-14)9-13(3-1)17-10-11-4-5-15-16(8-11)20-22-19-15/h1-9,17H,10H2. The van der Waals surface area contributed by atoms with Crippen molar-refractivity contribution in [3.63, 3.8) is 0 Å². The first-order valence-corrected chi connectivity index (χ1v) is 7.57. The molecule has 0 radical (unpaired) electrons. The summed E-state index contributed by atoms with van der Waals surface area (Å²) in [6.45, 7) is 0.732. The third-order valence-electron chi connectivity index (χ3n) is 3.41. The maximum absolute atomic E-state index is 4.89. The minimum atomic E-state index is 0.732. The van der Waals surface area contributed by atoms with E-state index in [9.17, 15) is 0 Å². The van der Waals surface area contributed by atoms with Gasteiger partial charge in [0, 0.05) is 23.9 Å². The van der Waals surface area contributed by atoms with Gasteiger partial charge in [0.1, 0.15) is 23.0 Å². The molecule has 0 unspecified atom stereocenters. The number of anilines is 1. The van der Waals surface area contributed by atoms with Crippen molar-refractivity contribution in [1.29, 1.82) is 0 Å². The Morgan fingerprint density at radius 2 is 1.95 bits per heavy atom. The van der Waals surface area contributed by atoms with Crippen LogP contribution in [0.4, 0.5) is 5.69 Å². The number of hydrogen-bond acceptors (Lipinski definition) is 6. The number of fused-ring (bicyclic) bond motifs is 1. The zero-order chi connectivity index (χ0) is 14.8. The maximum atomic E-state index is 4.89. The van der Waals surface area contributed by atoms with E-state index in [1.54, 1.807) is 6.26 Å². The number of nitrogens with zero attached hydrogens (tertiary/aromatic N) is 3. The van der Waals surface area contributed by atoms with E-state index in [2.05, 4.69) is 37.4 Å². The molecule has 0 saturated carbocycles. The molecule has 0 aliphatic heterocycles. The van der Waals surface area contributed by atoms with E-state index < -0.39 is 0 Å². The third kappa shape index (κ3) is 2.56. The first kappa shape index (κ1) is 13.0. The molecule has 0 aliphatic rings. The van der Waals surface area contributed by atoms with Gasteiger partial charge in [-0.3, -0.25) is 0 Å². The van der Waals surface area contributed by atoms with Crippen LogP contribution in [0.25, 0.3) is 22.3 Å². The fourth-order valence-electron chi connectivity index (χ4n) is 2.29. The molecule has 2 aromatic carbocycles. The van der Waals surface area contributed by atoms with Crippen molar-refractivity contribution in [2.75, 3.05) is 5.32 Å². The van der Waals surface area contributed by atoms with Gasteiger partial charge in [-0.25, -0.2) is 0 Å². The van der Waals surface area contributed by atoms with Gasteiger partial charge in [-0.1, -0.05) is 23.4 Å². The summed E-state index contributed by atoms with van der Waals surface area (Å²) in [4.78, 5) is 0. The van der Waals surface area contributed by atoms with Crippen LogP contribution < -0.4 is 5.32 Å². The molecule has 0 aliphatic carbocycles. The zero-order valence-electron chi connectivity index (χ0n) is 11.6. The summed E-state index contributed by atoms with van der Waals surface area (Å²) in [6.07, 6.45) is 1.58. The molecule has 0 spiro atoms. The Labute approximate surface area is 130 Å². The molecule has 108 valence electrons. The SMILES string of the molecule is c1cc(NCc2ccc3nsnc3c2)cc(-c2ccon2)c1. The lowest BCUT2D eigenvalue weighted by atomic mass is 10.1. The fraction of sp³-hybridized carbons (Fsp3) is 0.0625. The third-order valence-corrected chi connectivity index (χ3v) is 3.97. The summed E-state index contributed by atoms with van der Waals surface area (Å²) >= 11 is 1.24. The summed E-state index contributed by atoms with van der Waals surface area (Å²) in [5.74, 6) is 0. The highest BCUT2D eigenvalue weighted by Gasteiger charge is 2.03. The number of nitrogens with one attached hydrogen (secondary N) is 1. The lowest BCUT2D eigenvalue weighted by Gasteiger charge is -2.07. The Morgan fingerprint density at radius 3 is 2.86 bits per heavy atom. The Kier molecular flexibility index (Phi) is 3.29. The van der Waals surface area contributed by atoms with Crippen LogP contribution in [0.15, 0.2) is 59.3 Å². The molecule has 4 aromatic rings. The molecular formula is C16H12N4OS. The molecule has 0 fully saturated rings. The van der Waals surface area contributed by atoms with Crippen LogP contribution in [0.3, 0.4) is 0 Å². The van der Waals surface area contributed by atoms with E-state index in [1.165, 1.54) is 17.3 Å². The van der Waals surface area contributed by atoms with Crippen molar-refractivity contribution in [2.45, 2.75) is 6.54 Å². The lowest BCUT2D eigenvalue weighted by Crippen LogP contribution is -1.99. The normalized spacial score (nSPS) is 10.9. The average molecular weight is 308 g/mol. The van der Waals surface area contributed by atoms with Gasteiger partial charge in [-0.15, -0.1) is 0 Å². The van der Waals surface area contributed by atoms with Crippen molar-refractivity contribution in [1.82, 2.24) is 13.9 Å². The van der Waals surface area contributed by atoms with Crippen LogP contribution in [0.2, 0.25) is 0 Å². The van der Waals surface area contributed by atoms with Crippen molar-refractivity contribution < 1.29 is 4.52 Å². The smallest absolute Gasteiger partial charge is 0.124 e. The van der Waals surface area contributed by atoms with E-state index in [-0.39, 0.29) is 0 Å². The second-order valence-corrected chi connectivity index (χ2v) is 5.43.